The van der Waals surface area contributed by atoms with Gasteiger partial charge in [0, 0.05) is 12.5 Å². The highest BCUT2D eigenvalue weighted by Gasteiger charge is 2.34. The first kappa shape index (κ1) is 19.3. The Bertz CT molecular complexity index is 571. The van der Waals surface area contributed by atoms with Gasteiger partial charge in [0.05, 0.1) is 5.41 Å². The van der Waals surface area contributed by atoms with Crippen LogP contribution in [0.2, 0.25) is 0 Å². The summed E-state index contributed by atoms with van der Waals surface area (Å²) in [5.41, 5.74) is 7.11. The molecule has 126 valence electrons. The van der Waals surface area contributed by atoms with Gasteiger partial charge in [-0.2, -0.15) is 0 Å². The number of rotatable bonds is 8. The highest BCUT2D eigenvalue weighted by molar-refractivity contribution is 5.87. The van der Waals surface area contributed by atoms with Gasteiger partial charge in [0.15, 0.2) is 0 Å². The average molecular weight is 314 g/mol. The van der Waals surface area contributed by atoms with Crippen LogP contribution in [0.25, 0.3) is 0 Å². The minimum atomic E-state index is -0.546. The van der Waals surface area contributed by atoms with Crippen LogP contribution in [0, 0.1) is 24.7 Å². The lowest BCUT2D eigenvalue weighted by molar-refractivity contribution is -0.127. The fourth-order valence-electron chi connectivity index (χ4n) is 2.75. The Kier molecular flexibility index (Phi) is 6.84. The molecule has 0 aliphatic heterocycles. The van der Waals surface area contributed by atoms with Gasteiger partial charge in [-0.15, -0.1) is 12.3 Å². The first-order chi connectivity index (χ1) is 10.7. The molecule has 0 bridgehead atoms. The molecule has 0 radical (unpaired) electrons. The van der Waals surface area contributed by atoms with Gasteiger partial charge in [0.2, 0.25) is 5.91 Å². The molecule has 0 spiro atoms. The van der Waals surface area contributed by atoms with Crippen LogP contribution in [0.1, 0.15) is 57.6 Å². The lowest BCUT2D eigenvalue weighted by atomic mass is 9.76. The summed E-state index contributed by atoms with van der Waals surface area (Å²) in [6, 6.07) is 8.20. The third-order valence-corrected chi connectivity index (χ3v) is 4.51. The monoisotopic (exact) mass is 314 g/mol. The van der Waals surface area contributed by atoms with Gasteiger partial charge in [-0.1, -0.05) is 42.7 Å². The van der Waals surface area contributed by atoms with E-state index in [0.717, 1.165) is 31.2 Å². The van der Waals surface area contributed by atoms with Gasteiger partial charge in [0.25, 0.3) is 0 Å². The Labute approximate surface area is 141 Å². The quantitative estimate of drug-likeness (QED) is 0.436. The third kappa shape index (κ3) is 5.41. The lowest BCUT2D eigenvalue weighted by Crippen LogP contribution is -2.47. The number of hydrazine groups is 1. The molecule has 0 heterocycles. The molecule has 0 aliphatic carbocycles. The molecule has 0 fully saturated rings. The van der Waals surface area contributed by atoms with E-state index < -0.39 is 5.41 Å². The second-order valence-electron chi connectivity index (χ2n) is 7.14. The number of nitrogens with one attached hydrogen (secondary N) is 2. The van der Waals surface area contributed by atoms with Gasteiger partial charge in [0.1, 0.15) is 0 Å². The van der Waals surface area contributed by atoms with E-state index in [4.69, 9.17) is 6.42 Å². The number of benzene rings is 1. The van der Waals surface area contributed by atoms with Crippen LogP contribution < -0.4 is 10.9 Å². The SMILES string of the molecule is C#CC(C)(C)CCCCC(C)(C(=O)NNC)c1cccc(C)c1. The molecular formula is C20H30N2O. The first-order valence-electron chi connectivity index (χ1n) is 8.27. The average Bonchev–Trinajstić information content (AvgIpc) is 2.51. The van der Waals surface area contributed by atoms with Gasteiger partial charge < -0.3 is 0 Å². The third-order valence-electron chi connectivity index (χ3n) is 4.51. The predicted molar refractivity (Wildman–Crippen MR) is 96.8 cm³/mol. The van der Waals surface area contributed by atoms with E-state index in [-0.39, 0.29) is 11.3 Å². The van der Waals surface area contributed by atoms with Crippen molar-refractivity contribution in [2.24, 2.45) is 5.41 Å². The van der Waals surface area contributed by atoms with Crippen LogP contribution in [0.15, 0.2) is 24.3 Å². The summed E-state index contributed by atoms with van der Waals surface area (Å²) in [6.45, 7) is 8.23. The summed E-state index contributed by atoms with van der Waals surface area (Å²) in [6.07, 6.45) is 9.30. The molecule has 0 saturated carbocycles. The summed E-state index contributed by atoms with van der Waals surface area (Å²) in [5.74, 6) is 2.83. The van der Waals surface area contributed by atoms with Crippen LogP contribution in [0.5, 0.6) is 0 Å². The minimum absolute atomic E-state index is 0.00168. The molecule has 3 heteroatoms. The zero-order valence-electron chi connectivity index (χ0n) is 15.1. The van der Waals surface area contributed by atoms with E-state index in [0.29, 0.717) is 0 Å². The van der Waals surface area contributed by atoms with Crippen LogP contribution >= 0.6 is 0 Å². The highest BCUT2D eigenvalue weighted by Crippen LogP contribution is 2.32. The molecular weight excluding hydrogens is 284 g/mol. The van der Waals surface area contributed by atoms with Crippen molar-refractivity contribution in [1.29, 1.82) is 0 Å². The maximum atomic E-state index is 12.6. The van der Waals surface area contributed by atoms with Crippen molar-refractivity contribution < 1.29 is 4.79 Å². The number of hydrogen-bond donors (Lipinski definition) is 2. The number of aryl methyl sites for hydroxylation is 1. The van der Waals surface area contributed by atoms with E-state index >= 15 is 0 Å². The Morgan fingerprint density at radius 3 is 2.43 bits per heavy atom. The van der Waals surface area contributed by atoms with Crippen LogP contribution in [0.4, 0.5) is 0 Å². The standard InChI is InChI=1S/C20H30N2O/c1-7-19(3,4)13-8-9-14-20(5,18(23)22-21-6)17-12-10-11-16(2)15-17/h1,10-12,15,21H,8-9,13-14H2,2-6H3,(H,22,23). The van der Waals surface area contributed by atoms with Crippen LogP contribution in [-0.2, 0) is 10.2 Å². The molecule has 3 nitrogen and oxygen atoms in total. The normalized spacial score (nSPS) is 13.9. The smallest absolute Gasteiger partial charge is 0.244 e. The molecule has 0 aromatic heterocycles. The summed E-state index contributed by atoms with van der Waals surface area (Å²) in [5, 5.41) is 0. The topological polar surface area (TPSA) is 41.1 Å². The molecule has 1 amide bonds. The highest BCUT2D eigenvalue weighted by atomic mass is 16.2. The van der Waals surface area contributed by atoms with Crippen molar-refractivity contribution in [3.05, 3.63) is 35.4 Å². The number of unbranched alkanes of at least 4 members (excludes halogenated alkanes) is 1. The molecule has 0 saturated heterocycles. The molecule has 1 aromatic carbocycles. The molecule has 0 aliphatic rings. The number of hydrogen-bond acceptors (Lipinski definition) is 2. The molecule has 1 aromatic rings. The van der Waals surface area contributed by atoms with Crippen molar-refractivity contribution in [2.75, 3.05) is 7.05 Å². The Balaban J connectivity index is 2.85. The fourth-order valence-corrected chi connectivity index (χ4v) is 2.75. The molecule has 1 rings (SSSR count). The Hall–Kier alpha value is -1.79. The van der Waals surface area contributed by atoms with E-state index in [2.05, 4.69) is 49.7 Å². The second-order valence-corrected chi connectivity index (χ2v) is 7.14. The van der Waals surface area contributed by atoms with Crippen LogP contribution in [-0.4, -0.2) is 13.0 Å². The second kappa shape index (κ2) is 8.17. The Morgan fingerprint density at radius 2 is 1.87 bits per heavy atom. The largest absolute Gasteiger partial charge is 0.291 e. The summed E-state index contributed by atoms with van der Waals surface area (Å²) >= 11 is 0. The minimum Gasteiger partial charge on any atom is -0.291 e. The van der Waals surface area contributed by atoms with E-state index in [9.17, 15) is 4.79 Å². The van der Waals surface area contributed by atoms with E-state index in [1.807, 2.05) is 19.1 Å². The summed E-state index contributed by atoms with van der Waals surface area (Å²) < 4.78 is 0. The van der Waals surface area contributed by atoms with E-state index in [1.165, 1.54) is 5.56 Å². The zero-order chi connectivity index (χ0) is 17.5. The zero-order valence-corrected chi connectivity index (χ0v) is 15.1. The predicted octanol–water partition coefficient (Wildman–Crippen LogP) is 3.72. The summed E-state index contributed by atoms with van der Waals surface area (Å²) in [4.78, 5) is 12.6. The molecule has 1 atom stereocenters. The van der Waals surface area contributed by atoms with Crippen molar-refractivity contribution in [1.82, 2.24) is 10.9 Å². The molecule has 1 unspecified atom stereocenters. The maximum absolute atomic E-state index is 12.6. The number of carbonyl (C=O) groups excluding carboxylic acids is 1. The number of amides is 1. The number of carbonyl (C=O) groups is 1. The van der Waals surface area contributed by atoms with Gasteiger partial charge in [-0.25, -0.2) is 5.43 Å². The van der Waals surface area contributed by atoms with Gasteiger partial charge in [-0.3, -0.25) is 10.2 Å². The van der Waals surface area contributed by atoms with E-state index in [1.54, 1.807) is 7.05 Å². The van der Waals surface area contributed by atoms with Crippen molar-refractivity contribution in [3.63, 3.8) is 0 Å². The van der Waals surface area contributed by atoms with Crippen molar-refractivity contribution in [2.45, 2.75) is 58.8 Å². The number of terminal acetylenes is 1. The van der Waals surface area contributed by atoms with Crippen LogP contribution in [0.3, 0.4) is 0 Å². The fraction of sp³-hybridized carbons (Fsp3) is 0.550. The van der Waals surface area contributed by atoms with Gasteiger partial charge in [-0.05, 0) is 46.1 Å². The lowest BCUT2D eigenvalue weighted by Gasteiger charge is -2.29. The van der Waals surface area contributed by atoms with Crippen molar-refractivity contribution >= 4 is 5.91 Å². The summed E-state index contributed by atoms with van der Waals surface area (Å²) in [7, 11) is 1.71. The van der Waals surface area contributed by atoms with Gasteiger partial charge >= 0.3 is 0 Å². The molecule has 23 heavy (non-hydrogen) atoms. The molecule has 2 N–H and O–H groups in total. The maximum Gasteiger partial charge on any atom is 0.244 e. The first-order valence-corrected chi connectivity index (χ1v) is 8.27. The van der Waals surface area contributed by atoms with Crippen molar-refractivity contribution in [3.8, 4) is 12.3 Å². The Morgan fingerprint density at radius 1 is 1.22 bits per heavy atom.